The van der Waals surface area contributed by atoms with Crippen LogP contribution in [0.1, 0.15) is 36.5 Å². The summed E-state index contributed by atoms with van der Waals surface area (Å²) in [6.45, 7) is 3.87. The van der Waals surface area contributed by atoms with Crippen molar-refractivity contribution in [2.45, 2.75) is 60.8 Å². The fourth-order valence-electron chi connectivity index (χ4n) is 8.15. The number of fused-ring (bicyclic) bond motifs is 3. The van der Waals surface area contributed by atoms with E-state index in [1.807, 2.05) is 44.2 Å². The fraction of sp³-hybridized carbons (Fsp3) is 0.429. The van der Waals surface area contributed by atoms with Crippen LogP contribution in [0, 0.1) is 21.4 Å². The number of carbonyl (C=O) groups excluding carboxylic acids is 1. The number of methoxy groups -OCH3 is 3. The Kier molecular flexibility index (Phi) is 12.8. The summed E-state index contributed by atoms with van der Waals surface area (Å²) in [6, 6.07) is 22.0. The molecular formula is C42H47N3O13S2. The van der Waals surface area contributed by atoms with Gasteiger partial charge in [0.15, 0.2) is 11.2 Å². The molecule has 8 atom stereocenters. The lowest BCUT2D eigenvalue weighted by Gasteiger charge is -2.41. The molecule has 1 saturated carbocycles. The highest BCUT2D eigenvalue weighted by Crippen LogP contribution is 2.70. The Balaban J connectivity index is 1.25. The van der Waals surface area contributed by atoms with Gasteiger partial charge in [0.05, 0.1) is 49.9 Å². The van der Waals surface area contributed by atoms with Gasteiger partial charge in [-0.2, -0.15) is 0 Å². The van der Waals surface area contributed by atoms with E-state index in [4.69, 9.17) is 33.2 Å². The second-order valence-electron chi connectivity index (χ2n) is 15.2. The van der Waals surface area contributed by atoms with Crippen molar-refractivity contribution in [1.82, 2.24) is 10.3 Å². The van der Waals surface area contributed by atoms with E-state index in [2.05, 4.69) is 10.3 Å². The standard InChI is InChI=1S/C42H47N3O13S2/c1-40(2,23-46)31-22-55-38(54-5)39(57-31)56-28-19-29(53-4)35-30(20-28)58-42(25-11-14-27(52-3)15-12-25)34(24-9-7-6-8-10-24)33(36(47)41(35,42)49)37(48)43-17-18-59-60-32-16-13-26(21-44-32)45(50)51/h6-16,19-21,31,33-34,36,38-39,46-47,49H,17-18,22-23H2,1-5H3,(H,43,48)/t31?,33-,34-,36-,38-,39-,41+,42+/m1/s1. The van der Waals surface area contributed by atoms with E-state index in [1.165, 1.54) is 61.2 Å². The van der Waals surface area contributed by atoms with Crippen molar-refractivity contribution in [3.8, 4) is 23.0 Å². The highest BCUT2D eigenvalue weighted by atomic mass is 33.1. The normalized spacial score (nSPS) is 27.0. The fourth-order valence-corrected chi connectivity index (χ4v) is 9.91. The third-order valence-corrected chi connectivity index (χ3v) is 13.5. The number of nitro groups is 1. The Bertz CT molecular complexity index is 2150. The number of aliphatic hydroxyl groups is 3. The summed E-state index contributed by atoms with van der Waals surface area (Å²) in [5.74, 6) is -1.33. The second kappa shape index (κ2) is 17.7. The number of benzene rings is 3. The first-order valence-corrected chi connectivity index (χ1v) is 21.4. The number of hydrogen-bond donors (Lipinski definition) is 4. The molecule has 18 heteroatoms. The van der Waals surface area contributed by atoms with Crippen LogP contribution in [-0.2, 0) is 30.2 Å². The molecule has 1 unspecified atom stereocenters. The number of aromatic nitrogens is 1. The van der Waals surface area contributed by atoms with Gasteiger partial charge in [-0.05, 0) is 40.1 Å². The predicted molar refractivity (Wildman–Crippen MR) is 220 cm³/mol. The van der Waals surface area contributed by atoms with Gasteiger partial charge in [-0.15, -0.1) is 0 Å². The number of amides is 1. The molecule has 320 valence electrons. The lowest BCUT2D eigenvalue weighted by Crippen LogP contribution is -2.52. The number of nitrogens with zero attached hydrogens (tertiary/aromatic N) is 2. The second-order valence-corrected chi connectivity index (χ2v) is 17.6. The van der Waals surface area contributed by atoms with E-state index in [9.17, 15) is 30.2 Å². The largest absolute Gasteiger partial charge is 0.497 e. The number of aliphatic hydroxyl groups excluding tert-OH is 2. The van der Waals surface area contributed by atoms with E-state index >= 15 is 0 Å². The Morgan fingerprint density at radius 2 is 1.78 bits per heavy atom. The summed E-state index contributed by atoms with van der Waals surface area (Å²) in [5, 5.41) is 50.6. The average Bonchev–Trinajstić information content (AvgIpc) is 3.64. The molecule has 3 aliphatic rings. The Hall–Kier alpha value is -4.66. The molecule has 2 aliphatic heterocycles. The van der Waals surface area contributed by atoms with Gasteiger partial charge in [-0.1, -0.05) is 67.1 Å². The van der Waals surface area contributed by atoms with Gasteiger partial charge < -0.3 is 53.8 Å². The number of nitrogens with one attached hydrogen (secondary N) is 1. The van der Waals surface area contributed by atoms with Crippen LogP contribution < -0.4 is 24.3 Å². The first-order valence-electron chi connectivity index (χ1n) is 19.1. The van der Waals surface area contributed by atoms with Gasteiger partial charge in [-0.25, -0.2) is 4.98 Å². The number of pyridine rings is 1. The van der Waals surface area contributed by atoms with Gasteiger partial charge in [0.1, 0.15) is 40.3 Å². The van der Waals surface area contributed by atoms with E-state index in [-0.39, 0.29) is 48.3 Å². The van der Waals surface area contributed by atoms with Crippen molar-refractivity contribution < 1.29 is 58.2 Å². The molecule has 4 N–H and O–H groups in total. The molecule has 3 heterocycles. The van der Waals surface area contributed by atoms with Crippen LogP contribution in [0.4, 0.5) is 5.69 Å². The van der Waals surface area contributed by atoms with Crippen LogP contribution >= 0.6 is 21.6 Å². The molecule has 0 spiro atoms. The van der Waals surface area contributed by atoms with Gasteiger partial charge in [0.25, 0.3) is 12.0 Å². The third-order valence-electron chi connectivity index (χ3n) is 11.3. The van der Waals surface area contributed by atoms with Crippen molar-refractivity contribution in [3.63, 3.8) is 0 Å². The highest BCUT2D eigenvalue weighted by molar-refractivity contribution is 8.76. The average molecular weight is 866 g/mol. The van der Waals surface area contributed by atoms with Crippen LogP contribution in [0.5, 0.6) is 23.0 Å². The molecule has 4 aromatic rings. The van der Waals surface area contributed by atoms with Crippen LogP contribution in [0.3, 0.4) is 0 Å². The molecular weight excluding hydrogens is 819 g/mol. The topological polar surface area (TPSA) is 210 Å². The molecule has 1 amide bonds. The Labute approximate surface area is 354 Å². The van der Waals surface area contributed by atoms with Crippen molar-refractivity contribution in [2.24, 2.45) is 11.3 Å². The summed E-state index contributed by atoms with van der Waals surface area (Å²) in [7, 11) is 7.10. The monoisotopic (exact) mass is 865 g/mol. The zero-order valence-corrected chi connectivity index (χ0v) is 35.1. The van der Waals surface area contributed by atoms with E-state index < -0.39 is 64.1 Å². The lowest BCUT2D eigenvalue weighted by molar-refractivity contribution is -0.385. The number of carbonyl (C=O) groups is 1. The molecule has 1 saturated heterocycles. The lowest BCUT2D eigenvalue weighted by atomic mass is 9.70. The highest BCUT2D eigenvalue weighted by Gasteiger charge is 2.78. The maximum absolute atomic E-state index is 14.5. The number of hydrogen-bond acceptors (Lipinski definition) is 16. The molecule has 60 heavy (non-hydrogen) atoms. The number of rotatable bonds is 16. The zero-order chi connectivity index (χ0) is 42.8. The van der Waals surface area contributed by atoms with Gasteiger partial charge in [0, 0.05) is 48.9 Å². The molecule has 2 fully saturated rings. The summed E-state index contributed by atoms with van der Waals surface area (Å²) in [4.78, 5) is 29.1. The van der Waals surface area contributed by atoms with Gasteiger partial charge in [-0.3, -0.25) is 14.9 Å². The molecule has 1 aliphatic carbocycles. The minimum absolute atomic E-state index is 0.110. The van der Waals surface area contributed by atoms with E-state index in [0.717, 1.165) is 0 Å². The minimum Gasteiger partial charge on any atom is -0.497 e. The molecule has 7 rings (SSSR count). The Morgan fingerprint density at radius 1 is 1.03 bits per heavy atom. The third kappa shape index (κ3) is 7.75. The number of ether oxygens (including phenoxy) is 7. The van der Waals surface area contributed by atoms with Crippen LogP contribution in [0.15, 0.2) is 90.1 Å². The maximum Gasteiger partial charge on any atom is 0.287 e. The summed E-state index contributed by atoms with van der Waals surface area (Å²) < 4.78 is 42.5. The molecule has 1 aromatic heterocycles. The van der Waals surface area contributed by atoms with Crippen LogP contribution in [0.25, 0.3) is 0 Å². The van der Waals surface area contributed by atoms with Crippen molar-refractivity contribution in [2.75, 3.05) is 46.8 Å². The first-order chi connectivity index (χ1) is 28.8. The van der Waals surface area contributed by atoms with Crippen molar-refractivity contribution in [1.29, 1.82) is 0 Å². The Morgan fingerprint density at radius 3 is 2.42 bits per heavy atom. The molecule has 0 radical (unpaired) electrons. The van der Waals surface area contributed by atoms with E-state index in [1.54, 1.807) is 36.4 Å². The minimum atomic E-state index is -2.29. The summed E-state index contributed by atoms with van der Waals surface area (Å²) in [5.41, 5.74) is -3.70. The van der Waals surface area contributed by atoms with Gasteiger partial charge >= 0.3 is 0 Å². The molecule has 3 aromatic carbocycles. The van der Waals surface area contributed by atoms with Gasteiger partial charge in [0.2, 0.25) is 12.2 Å². The van der Waals surface area contributed by atoms with Crippen molar-refractivity contribution >= 4 is 33.2 Å². The molecule has 16 nitrogen and oxygen atoms in total. The van der Waals surface area contributed by atoms with Crippen molar-refractivity contribution in [3.05, 3.63) is 112 Å². The quantitative estimate of drug-likeness (QED) is 0.0510. The zero-order valence-electron chi connectivity index (χ0n) is 33.5. The summed E-state index contributed by atoms with van der Waals surface area (Å²) >= 11 is 0. The van der Waals surface area contributed by atoms with Crippen LogP contribution in [0.2, 0.25) is 0 Å². The smallest absolute Gasteiger partial charge is 0.287 e. The summed E-state index contributed by atoms with van der Waals surface area (Å²) in [6.07, 6.45) is -3.11. The van der Waals surface area contributed by atoms with Crippen LogP contribution in [-0.4, -0.2) is 103 Å². The maximum atomic E-state index is 14.5. The molecule has 0 bridgehead atoms. The van der Waals surface area contributed by atoms with E-state index in [0.29, 0.717) is 27.7 Å². The first kappa shape index (κ1) is 43.4. The SMILES string of the molecule is COc1ccc([C@@]23Oc4cc(O[C@@H]5OC(C(C)(C)CO)CO[C@H]5OC)cc(OC)c4[C@]2(O)[C@H](O)[C@H](C(=O)NCCSSc2ccc([N+](=O)[O-])cn2)[C@H]3c2ccccc2)cc1. The predicted octanol–water partition coefficient (Wildman–Crippen LogP) is 4.93.